The van der Waals surface area contributed by atoms with Crippen LogP contribution in [0.3, 0.4) is 0 Å². The van der Waals surface area contributed by atoms with Gasteiger partial charge in [-0.2, -0.15) is 8.42 Å². The summed E-state index contributed by atoms with van der Waals surface area (Å²) in [6.07, 6.45) is 8.08. The molecular formula is C23H26N4O4S3. The van der Waals surface area contributed by atoms with Crippen molar-refractivity contribution < 1.29 is 17.4 Å². The Hall–Kier alpha value is -2.31. The van der Waals surface area contributed by atoms with Gasteiger partial charge in [-0.1, -0.05) is 12.1 Å². The van der Waals surface area contributed by atoms with Gasteiger partial charge in [0.2, 0.25) is 5.78 Å². The normalized spacial score (nSPS) is 18.2. The molecule has 0 radical (unpaired) electrons. The van der Waals surface area contributed by atoms with E-state index in [0.29, 0.717) is 22.7 Å². The number of nitrogens with one attached hydrogen (secondary N) is 1. The summed E-state index contributed by atoms with van der Waals surface area (Å²) in [7, 11) is -3.94. The predicted molar refractivity (Wildman–Crippen MR) is 135 cm³/mol. The highest BCUT2D eigenvalue weighted by Gasteiger charge is 2.28. The summed E-state index contributed by atoms with van der Waals surface area (Å²) < 4.78 is 26.8. The molecule has 34 heavy (non-hydrogen) atoms. The average molecular weight is 519 g/mol. The quantitative estimate of drug-likeness (QED) is 0.306. The van der Waals surface area contributed by atoms with Crippen molar-refractivity contribution in [3.8, 4) is 0 Å². The fourth-order valence-corrected chi connectivity index (χ4v) is 5.82. The van der Waals surface area contributed by atoms with E-state index in [2.05, 4.69) is 39.7 Å². The number of hydrogen-bond donors (Lipinski definition) is 2. The molecule has 0 bridgehead atoms. The molecule has 2 heterocycles. The SMILES string of the molecule is CSc1cccc(Cc2csc(C(=O)c3cncnc3N[C@H]3CC[C@@H](COS(N)(=O)=O)C3)c2)c1. The van der Waals surface area contributed by atoms with E-state index in [1.165, 1.54) is 34.3 Å². The van der Waals surface area contributed by atoms with E-state index in [4.69, 9.17) is 9.32 Å². The Morgan fingerprint density at radius 2 is 2.15 bits per heavy atom. The van der Waals surface area contributed by atoms with Crippen molar-refractivity contribution in [3.05, 3.63) is 69.8 Å². The Balaban J connectivity index is 1.42. The molecule has 8 nitrogen and oxygen atoms in total. The van der Waals surface area contributed by atoms with E-state index in [-0.39, 0.29) is 24.3 Å². The van der Waals surface area contributed by atoms with Crippen LogP contribution in [0.4, 0.5) is 5.82 Å². The summed E-state index contributed by atoms with van der Waals surface area (Å²) in [6.45, 7) is 0.0599. The molecule has 0 saturated heterocycles. The Morgan fingerprint density at radius 1 is 1.29 bits per heavy atom. The number of anilines is 1. The number of hydrogen-bond acceptors (Lipinski definition) is 9. The van der Waals surface area contributed by atoms with Gasteiger partial charge in [0.1, 0.15) is 12.1 Å². The number of nitrogens with two attached hydrogens (primary N) is 1. The lowest BCUT2D eigenvalue weighted by Crippen LogP contribution is -2.22. The van der Waals surface area contributed by atoms with Crippen molar-refractivity contribution in [2.75, 3.05) is 18.2 Å². The van der Waals surface area contributed by atoms with Crippen LogP contribution in [0.25, 0.3) is 0 Å². The van der Waals surface area contributed by atoms with Crippen LogP contribution >= 0.6 is 23.1 Å². The third-order valence-corrected chi connectivity index (χ3v) is 7.89. The van der Waals surface area contributed by atoms with E-state index >= 15 is 0 Å². The van der Waals surface area contributed by atoms with E-state index in [1.54, 1.807) is 11.8 Å². The summed E-state index contributed by atoms with van der Waals surface area (Å²) in [5, 5.41) is 10.3. The van der Waals surface area contributed by atoms with Crippen molar-refractivity contribution in [1.82, 2.24) is 9.97 Å². The van der Waals surface area contributed by atoms with Gasteiger partial charge in [-0.15, -0.1) is 23.1 Å². The fraction of sp³-hybridized carbons (Fsp3) is 0.348. The highest BCUT2D eigenvalue weighted by molar-refractivity contribution is 7.98. The van der Waals surface area contributed by atoms with Gasteiger partial charge in [0.15, 0.2) is 0 Å². The van der Waals surface area contributed by atoms with Gasteiger partial charge in [-0.3, -0.25) is 8.98 Å². The zero-order valence-corrected chi connectivity index (χ0v) is 21.1. The maximum absolute atomic E-state index is 13.3. The second kappa shape index (κ2) is 11.0. The second-order valence-corrected chi connectivity index (χ2v) is 11.3. The number of thioether (sulfide) groups is 1. The molecule has 3 aromatic rings. The first-order chi connectivity index (χ1) is 16.3. The molecule has 1 saturated carbocycles. The van der Waals surface area contributed by atoms with Gasteiger partial charge in [-0.25, -0.2) is 15.1 Å². The zero-order chi connectivity index (χ0) is 24.1. The van der Waals surface area contributed by atoms with E-state index in [9.17, 15) is 13.2 Å². The Labute approximate surface area is 207 Å². The largest absolute Gasteiger partial charge is 0.367 e. The van der Waals surface area contributed by atoms with Gasteiger partial charge in [-0.05, 0) is 72.6 Å². The number of carbonyl (C=O) groups excluding carboxylic acids is 1. The van der Waals surface area contributed by atoms with E-state index < -0.39 is 10.3 Å². The minimum absolute atomic E-state index is 0.0538. The molecule has 3 N–H and O–H groups in total. The van der Waals surface area contributed by atoms with Crippen LogP contribution < -0.4 is 10.5 Å². The Bertz CT molecular complexity index is 1260. The van der Waals surface area contributed by atoms with Crippen LogP contribution in [0.2, 0.25) is 0 Å². The number of carbonyl (C=O) groups is 1. The average Bonchev–Trinajstić information content (AvgIpc) is 3.47. The molecular weight excluding hydrogens is 492 g/mol. The zero-order valence-electron chi connectivity index (χ0n) is 18.6. The summed E-state index contributed by atoms with van der Waals surface area (Å²) >= 11 is 3.13. The monoisotopic (exact) mass is 518 g/mol. The van der Waals surface area contributed by atoms with Crippen molar-refractivity contribution >= 4 is 45.0 Å². The number of nitrogens with zero attached hydrogens (tertiary/aromatic N) is 2. The number of thiophene rings is 1. The smallest absolute Gasteiger partial charge is 0.333 e. The number of benzene rings is 1. The van der Waals surface area contributed by atoms with Crippen LogP contribution in [0.1, 0.15) is 45.6 Å². The molecule has 0 aliphatic heterocycles. The lowest BCUT2D eigenvalue weighted by atomic mass is 10.1. The van der Waals surface area contributed by atoms with Crippen LogP contribution in [0.5, 0.6) is 0 Å². The molecule has 0 unspecified atom stereocenters. The predicted octanol–water partition coefficient (Wildman–Crippen LogP) is 3.88. The van der Waals surface area contributed by atoms with Gasteiger partial charge in [0, 0.05) is 17.1 Å². The number of rotatable bonds is 10. The molecule has 1 aliphatic carbocycles. The lowest BCUT2D eigenvalue weighted by molar-refractivity contribution is 0.104. The Kier molecular flexibility index (Phi) is 7.99. The van der Waals surface area contributed by atoms with Crippen molar-refractivity contribution in [2.45, 2.75) is 36.6 Å². The first-order valence-electron chi connectivity index (χ1n) is 10.8. The van der Waals surface area contributed by atoms with Gasteiger partial charge >= 0.3 is 10.3 Å². The molecule has 1 aromatic carbocycles. The van der Waals surface area contributed by atoms with Gasteiger partial charge < -0.3 is 5.32 Å². The molecule has 1 fully saturated rings. The van der Waals surface area contributed by atoms with Crippen LogP contribution in [0, 0.1) is 5.92 Å². The molecule has 180 valence electrons. The van der Waals surface area contributed by atoms with E-state index in [1.807, 2.05) is 17.5 Å². The number of aromatic nitrogens is 2. The summed E-state index contributed by atoms with van der Waals surface area (Å²) in [5.74, 6) is 0.436. The van der Waals surface area contributed by atoms with Gasteiger partial charge in [0.25, 0.3) is 0 Å². The van der Waals surface area contributed by atoms with Crippen LogP contribution in [-0.2, 0) is 20.9 Å². The third-order valence-electron chi connectivity index (χ3n) is 5.73. The highest BCUT2D eigenvalue weighted by atomic mass is 32.2. The fourth-order valence-electron chi connectivity index (χ4n) is 4.09. The molecule has 1 aliphatic rings. The molecule has 2 atom stereocenters. The summed E-state index contributed by atoms with van der Waals surface area (Å²) in [5.41, 5.74) is 2.72. The number of ketones is 1. The summed E-state index contributed by atoms with van der Waals surface area (Å²) in [4.78, 5) is 23.5. The molecule has 2 aromatic heterocycles. The first-order valence-corrected chi connectivity index (χ1v) is 14.4. The maximum atomic E-state index is 13.3. The highest BCUT2D eigenvalue weighted by Crippen LogP contribution is 2.30. The minimum atomic E-state index is -3.94. The van der Waals surface area contributed by atoms with Crippen molar-refractivity contribution in [2.24, 2.45) is 11.1 Å². The topological polar surface area (TPSA) is 124 Å². The van der Waals surface area contributed by atoms with Crippen LogP contribution in [-0.4, -0.2) is 43.1 Å². The standard InChI is InChI=1S/C23H26N4O4S3/c1-32-19-4-2-3-15(9-19)7-17-10-21(33-13-17)22(28)20-11-25-14-26-23(20)27-18-6-5-16(8-18)12-31-34(24,29)30/h2-4,9-11,13-14,16,18H,5-8,12H2,1H3,(H2,24,29,30)(H,25,26,27)/t16-,18+/m1/s1. The second-order valence-electron chi connectivity index (χ2n) is 8.26. The maximum Gasteiger partial charge on any atom is 0.333 e. The van der Waals surface area contributed by atoms with E-state index in [0.717, 1.165) is 24.8 Å². The van der Waals surface area contributed by atoms with Gasteiger partial charge in [0.05, 0.1) is 17.0 Å². The molecule has 4 rings (SSSR count). The van der Waals surface area contributed by atoms with Crippen LogP contribution in [0.15, 0.2) is 53.1 Å². The first kappa shape index (κ1) is 24.8. The molecule has 11 heteroatoms. The third kappa shape index (κ3) is 6.63. The van der Waals surface area contributed by atoms with Crippen molar-refractivity contribution in [1.29, 1.82) is 0 Å². The van der Waals surface area contributed by atoms with Crippen molar-refractivity contribution in [3.63, 3.8) is 0 Å². The Morgan fingerprint density at radius 3 is 2.94 bits per heavy atom. The molecule has 0 spiro atoms. The lowest BCUT2D eigenvalue weighted by Gasteiger charge is -2.15. The molecule has 0 amide bonds. The minimum Gasteiger partial charge on any atom is -0.367 e. The summed E-state index contributed by atoms with van der Waals surface area (Å²) in [6, 6.07) is 10.4.